The maximum Gasteiger partial charge on any atom is 0.119 e. The summed E-state index contributed by atoms with van der Waals surface area (Å²) < 4.78 is 6.82. The lowest BCUT2D eigenvalue weighted by molar-refractivity contribution is 0.305. The summed E-state index contributed by atoms with van der Waals surface area (Å²) in [5.74, 6) is 0.818. The maximum absolute atomic E-state index is 5.84. The molecule has 0 fully saturated rings. The van der Waals surface area contributed by atoms with E-state index in [1.807, 2.05) is 24.3 Å². The minimum absolute atomic E-state index is 0.531. The van der Waals surface area contributed by atoms with Crippen molar-refractivity contribution in [3.05, 3.63) is 63.1 Å². The molecule has 0 aliphatic heterocycles. The number of benzene rings is 2. The molecule has 0 amide bonds. The van der Waals surface area contributed by atoms with Gasteiger partial charge in [0.25, 0.3) is 0 Å². The third kappa shape index (κ3) is 4.51. The van der Waals surface area contributed by atoms with Crippen LogP contribution in [-0.4, -0.2) is 6.54 Å². The van der Waals surface area contributed by atoms with E-state index in [1.165, 1.54) is 5.56 Å². The monoisotopic (exact) mass is 353 g/mol. The molecule has 0 spiro atoms. The third-order valence-electron chi connectivity index (χ3n) is 2.90. The van der Waals surface area contributed by atoms with Crippen molar-refractivity contribution in [1.29, 1.82) is 0 Å². The van der Waals surface area contributed by atoms with E-state index in [1.54, 1.807) is 0 Å². The molecule has 106 valence electrons. The molecular formula is C16H17BrClNO. The van der Waals surface area contributed by atoms with Crippen LogP contribution in [0, 0.1) is 0 Å². The van der Waals surface area contributed by atoms with Crippen molar-refractivity contribution in [3.63, 3.8) is 0 Å². The Labute approximate surface area is 133 Å². The smallest absolute Gasteiger partial charge is 0.119 e. The zero-order valence-electron chi connectivity index (χ0n) is 11.3. The molecule has 0 saturated heterocycles. The van der Waals surface area contributed by atoms with Crippen LogP contribution in [0.15, 0.2) is 46.9 Å². The molecule has 0 heterocycles. The zero-order valence-corrected chi connectivity index (χ0v) is 13.7. The van der Waals surface area contributed by atoms with Gasteiger partial charge in [0.05, 0.1) is 0 Å². The van der Waals surface area contributed by atoms with E-state index in [4.69, 9.17) is 16.3 Å². The Morgan fingerprint density at radius 2 is 1.90 bits per heavy atom. The van der Waals surface area contributed by atoms with Crippen LogP contribution in [0.1, 0.15) is 18.1 Å². The van der Waals surface area contributed by atoms with Crippen LogP contribution in [0.5, 0.6) is 5.75 Å². The number of halogens is 2. The Balaban J connectivity index is 1.97. The quantitative estimate of drug-likeness (QED) is 0.805. The molecule has 2 nitrogen and oxygen atoms in total. The van der Waals surface area contributed by atoms with Gasteiger partial charge in [-0.15, -0.1) is 0 Å². The topological polar surface area (TPSA) is 21.3 Å². The van der Waals surface area contributed by atoms with E-state index < -0.39 is 0 Å². The Bertz CT molecular complexity index is 557. The van der Waals surface area contributed by atoms with Crippen molar-refractivity contribution in [2.24, 2.45) is 0 Å². The van der Waals surface area contributed by atoms with E-state index >= 15 is 0 Å². The molecule has 2 rings (SSSR count). The Morgan fingerprint density at radius 3 is 2.55 bits per heavy atom. The van der Waals surface area contributed by atoms with E-state index in [-0.39, 0.29) is 0 Å². The SMILES string of the molecule is CCNCc1ccc(COc2ccc(Cl)cc2)c(Br)c1. The first kappa shape index (κ1) is 15.4. The van der Waals surface area contributed by atoms with Crippen LogP contribution in [-0.2, 0) is 13.2 Å². The molecular weight excluding hydrogens is 338 g/mol. The summed E-state index contributed by atoms with van der Waals surface area (Å²) in [7, 11) is 0. The first-order valence-corrected chi connectivity index (χ1v) is 7.72. The molecule has 0 aliphatic rings. The molecule has 0 aromatic heterocycles. The standard InChI is InChI=1S/C16H17BrClNO/c1-2-19-10-12-3-4-13(16(17)9-12)11-20-15-7-5-14(18)6-8-15/h3-9,19H,2,10-11H2,1H3. The lowest BCUT2D eigenvalue weighted by atomic mass is 10.1. The Hall–Kier alpha value is -1.03. The number of ether oxygens (including phenoxy) is 1. The fourth-order valence-corrected chi connectivity index (χ4v) is 2.45. The van der Waals surface area contributed by atoms with Crippen LogP contribution in [0.25, 0.3) is 0 Å². The summed E-state index contributed by atoms with van der Waals surface area (Å²) in [5, 5.41) is 4.02. The molecule has 1 N–H and O–H groups in total. The van der Waals surface area contributed by atoms with Crippen LogP contribution >= 0.6 is 27.5 Å². The van der Waals surface area contributed by atoms with Gasteiger partial charge < -0.3 is 10.1 Å². The molecule has 0 radical (unpaired) electrons. The van der Waals surface area contributed by atoms with Gasteiger partial charge in [0.1, 0.15) is 12.4 Å². The molecule has 2 aromatic carbocycles. The lowest BCUT2D eigenvalue weighted by Gasteiger charge is -2.10. The number of nitrogens with one attached hydrogen (secondary N) is 1. The summed E-state index contributed by atoms with van der Waals surface area (Å²) >= 11 is 9.44. The maximum atomic E-state index is 5.84. The van der Waals surface area contributed by atoms with E-state index in [0.29, 0.717) is 11.6 Å². The summed E-state index contributed by atoms with van der Waals surface area (Å²) in [6.45, 7) is 4.49. The van der Waals surface area contributed by atoms with Gasteiger partial charge in [0.15, 0.2) is 0 Å². The zero-order chi connectivity index (χ0) is 14.4. The molecule has 2 aromatic rings. The van der Waals surface area contributed by atoms with Crippen LogP contribution in [0.3, 0.4) is 0 Å². The summed E-state index contributed by atoms with van der Waals surface area (Å²) in [6, 6.07) is 13.7. The average Bonchev–Trinajstić information content (AvgIpc) is 2.46. The van der Waals surface area contributed by atoms with Gasteiger partial charge in [-0.05, 0) is 42.4 Å². The second-order valence-corrected chi connectivity index (χ2v) is 5.74. The van der Waals surface area contributed by atoms with E-state index in [2.05, 4.69) is 46.4 Å². The largest absolute Gasteiger partial charge is 0.489 e. The predicted octanol–water partition coefficient (Wildman–Crippen LogP) is 4.79. The summed E-state index contributed by atoms with van der Waals surface area (Å²) in [5.41, 5.74) is 2.38. The van der Waals surface area contributed by atoms with Crippen LogP contribution < -0.4 is 10.1 Å². The van der Waals surface area contributed by atoms with Crippen molar-refractivity contribution in [2.45, 2.75) is 20.1 Å². The van der Waals surface area contributed by atoms with Crippen molar-refractivity contribution >= 4 is 27.5 Å². The van der Waals surface area contributed by atoms with Crippen molar-refractivity contribution in [1.82, 2.24) is 5.32 Å². The predicted molar refractivity (Wildman–Crippen MR) is 87.3 cm³/mol. The molecule has 0 unspecified atom stereocenters. The van der Waals surface area contributed by atoms with Gasteiger partial charge in [-0.2, -0.15) is 0 Å². The minimum atomic E-state index is 0.531. The first-order valence-electron chi connectivity index (χ1n) is 6.55. The normalized spacial score (nSPS) is 10.6. The average molecular weight is 355 g/mol. The van der Waals surface area contributed by atoms with E-state index in [9.17, 15) is 0 Å². The van der Waals surface area contributed by atoms with Gasteiger partial charge in [-0.25, -0.2) is 0 Å². The highest BCUT2D eigenvalue weighted by Crippen LogP contribution is 2.22. The van der Waals surface area contributed by atoms with E-state index in [0.717, 1.165) is 28.9 Å². The van der Waals surface area contributed by atoms with Crippen molar-refractivity contribution < 1.29 is 4.74 Å². The third-order valence-corrected chi connectivity index (χ3v) is 3.89. The molecule has 4 heteroatoms. The van der Waals surface area contributed by atoms with Gasteiger partial charge in [-0.1, -0.05) is 46.6 Å². The number of hydrogen-bond donors (Lipinski definition) is 1. The van der Waals surface area contributed by atoms with Gasteiger partial charge in [-0.3, -0.25) is 0 Å². The second kappa shape index (κ2) is 7.67. The van der Waals surface area contributed by atoms with Crippen molar-refractivity contribution in [2.75, 3.05) is 6.54 Å². The highest BCUT2D eigenvalue weighted by molar-refractivity contribution is 9.10. The fraction of sp³-hybridized carbons (Fsp3) is 0.250. The molecule has 20 heavy (non-hydrogen) atoms. The van der Waals surface area contributed by atoms with Crippen LogP contribution in [0.2, 0.25) is 5.02 Å². The van der Waals surface area contributed by atoms with Crippen molar-refractivity contribution in [3.8, 4) is 5.75 Å². The summed E-state index contributed by atoms with van der Waals surface area (Å²) in [6.07, 6.45) is 0. The van der Waals surface area contributed by atoms with Gasteiger partial charge in [0, 0.05) is 21.6 Å². The first-order chi connectivity index (χ1) is 9.69. The number of hydrogen-bond acceptors (Lipinski definition) is 2. The lowest BCUT2D eigenvalue weighted by Crippen LogP contribution is -2.11. The van der Waals surface area contributed by atoms with Gasteiger partial charge in [0.2, 0.25) is 0 Å². The highest BCUT2D eigenvalue weighted by atomic mass is 79.9. The molecule has 0 aliphatic carbocycles. The Morgan fingerprint density at radius 1 is 1.15 bits per heavy atom. The molecule has 0 atom stereocenters. The fourth-order valence-electron chi connectivity index (χ4n) is 1.78. The second-order valence-electron chi connectivity index (χ2n) is 4.45. The van der Waals surface area contributed by atoms with Crippen LogP contribution in [0.4, 0.5) is 0 Å². The highest BCUT2D eigenvalue weighted by Gasteiger charge is 2.03. The minimum Gasteiger partial charge on any atom is -0.489 e. The molecule has 0 bridgehead atoms. The molecule has 0 saturated carbocycles. The summed E-state index contributed by atoms with van der Waals surface area (Å²) in [4.78, 5) is 0. The van der Waals surface area contributed by atoms with Gasteiger partial charge >= 0.3 is 0 Å². The number of rotatable bonds is 6. The Kier molecular flexibility index (Phi) is 5.89.